The molecule has 0 bridgehead atoms. The minimum absolute atomic E-state index is 0.175. The second-order valence-corrected chi connectivity index (χ2v) is 5.75. The number of piperidine rings is 1. The van der Waals surface area contributed by atoms with Gasteiger partial charge in [-0.15, -0.1) is 0 Å². The van der Waals surface area contributed by atoms with Crippen LogP contribution in [0, 0.1) is 0 Å². The Morgan fingerprint density at radius 2 is 2.15 bits per heavy atom. The van der Waals surface area contributed by atoms with Gasteiger partial charge in [-0.25, -0.2) is 4.79 Å². The average Bonchev–Trinajstić information content (AvgIpc) is 2.84. The van der Waals surface area contributed by atoms with Gasteiger partial charge >= 0.3 is 5.97 Å². The predicted molar refractivity (Wildman–Crippen MR) is 79.1 cm³/mol. The molecule has 0 radical (unpaired) electrons. The van der Waals surface area contributed by atoms with Crippen molar-refractivity contribution in [3.05, 3.63) is 23.8 Å². The number of nitrogens with one attached hydrogen (secondary N) is 1. The molecular formula is C15H21N3O2. The van der Waals surface area contributed by atoms with Crippen LogP contribution in [-0.4, -0.2) is 41.1 Å². The Morgan fingerprint density at radius 3 is 2.95 bits per heavy atom. The van der Waals surface area contributed by atoms with Crippen molar-refractivity contribution in [2.24, 2.45) is 0 Å². The highest BCUT2D eigenvalue weighted by Gasteiger charge is 2.35. The first-order valence-electron chi connectivity index (χ1n) is 7.28. The second kappa shape index (κ2) is 5.32. The van der Waals surface area contributed by atoms with Crippen molar-refractivity contribution in [2.45, 2.75) is 37.8 Å². The van der Waals surface area contributed by atoms with Crippen LogP contribution in [0.1, 0.15) is 36.0 Å². The molecule has 0 amide bonds. The fraction of sp³-hybridized carbons (Fsp3) is 0.533. The number of rotatable bonds is 3. The monoisotopic (exact) mass is 275 g/mol. The maximum absolute atomic E-state index is 11.1. The van der Waals surface area contributed by atoms with Gasteiger partial charge in [0.2, 0.25) is 0 Å². The first kappa shape index (κ1) is 13.2. The molecule has 0 aliphatic carbocycles. The lowest BCUT2D eigenvalue weighted by molar-refractivity contribution is 0.0698. The normalized spacial score (nSPS) is 26.2. The Hall–Kier alpha value is -1.75. The zero-order valence-electron chi connectivity index (χ0n) is 11.5. The summed E-state index contributed by atoms with van der Waals surface area (Å²) in [4.78, 5) is 13.7. The fourth-order valence-electron chi connectivity index (χ4n) is 3.46. The summed E-state index contributed by atoms with van der Waals surface area (Å²) in [6.45, 7) is 2.34. The Morgan fingerprint density at radius 1 is 1.30 bits per heavy atom. The van der Waals surface area contributed by atoms with Gasteiger partial charge in [0.25, 0.3) is 0 Å². The minimum atomic E-state index is -0.975. The molecule has 0 aromatic heterocycles. The quantitative estimate of drug-likeness (QED) is 0.735. The van der Waals surface area contributed by atoms with E-state index in [0.29, 0.717) is 17.8 Å². The summed E-state index contributed by atoms with van der Waals surface area (Å²) >= 11 is 0. The molecule has 2 atom stereocenters. The van der Waals surface area contributed by atoms with Crippen molar-refractivity contribution >= 4 is 17.3 Å². The van der Waals surface area contributed by atoms with Crippen LogP contribution in [0.25, 0.3) is 0 Å². The van der Waals surface area contributed by atoms with Gasteiger partial charge in [-0.1, -0.05) is 6.42 Å². The Bertz CT molecular complexity index is 518. The van der Waals surface area contributed by atoms with Crippen LogP contribution in [0.15, 0.2) is 18.2 Å². The van der Waals surface area contributed by atoms with Crippen LogP contribution < -0.4 is 11.1 Å². The van der Waals surface area contributed by atoms with E-state index in [1.165, 1.54) is 25.8 Å². The Kier molecular flexibility index (Phi) is 3.53. The molecular weight excluding hydrogens is 254 g/mol. The minimum Gasteiger partial charge on any atom is -0.478 e. The third-order valence-electron chi connectivity index (χ3n) is 4.49. The number of fused-ring (bicyclic) bond motifs is 1. The molecule has 20 heavy (non-hydrogen) atoms. The Labute approximate surface area is 118 Å². The number of aromatic carboxylic acids is 1. The van der Waals surface area contributed by atoms with Crippen molar-refractivity contribution in [2.75, 3.05) is 24.1 Å². The first-order chi connectivity index (χ1) is 9.65. The number of nitrogens with two attached hydrogens (primary N) is 1. The van der Waals surface area contributed by atoms with Gasteiger partial charge in [0.05, 0.1) is 5.56 Å². The molecule has 0 saturated carbocycles. The van der Waals surface area contributed by atoms with Crippen LogP contribution in [0.5, 0.6) is 0 Å². The number of hydrogen-bond acceptors (Lipinski definition) is 4. The zero-order valence-corrected chi connectivity index (χ0v) is 11.5. The number of carboxylic acids is 1. The third kappa shape index (κ3) is 2.45. The topological polar surface area (TPSA) is 78.6 Å². The van der Waals surface area contributed by atoms with Crippen LogP contribution >= 0.6 is 0 Å². The number of carboxylic acid groups (broad SMARTS) is 1. The van der Waals surface area contributed by atoms with Gasteiger partial charge in [-0.05, 0) is 44.0 Å². The van der Waals surface area contributed by atoms with Gasteiger partial charge in [0.1, 0.15) is 0 Å². The molecule has 2 heterocycles. The highest BCUT2D eigenvalue weighted by molar-refractivity contribution is 5.94. The van der Waals surface area contributed by atoms with E-state index in [1.807, 2.05) is 6.07 Å². The summed E-state index contributed by atoms with van der Waals surface area (Å²) in [7, 11) is 0. The number of nitrogen functional groups attached to an aromatic ring is 1. The summed E-state index contributed by atoms with van der Waals surface area (Å²) in [5.41, 5.74) is 7.03. The van der Waals surface area contributed by atoms with Crippen molar-refractivity contribution in [3.63, 3.8) is 0 Å². The number of anilines is 2. The van der Waals surface area contributed by atoms with E-state index < -0.39 is 5.97 Å². The molecule has 5 nitrogen and oxygen atoms in total. The molecule has 0 spiro atoms. The van der Waals surface area contributed by atoms with Gasteiger partial charge in [-0.3, -0.25) is 4.90 Å². The lowest BCUT2D eigenvalue weighted by atomic mass is 9.98. The number of benzene rings is 1. The smallest absolute Gasteiger partial charge is 0.337 e. The molecule has 2 saturated heterocycles. The highest BCUT2D eigenvalue weighted by atomic mass is 16.4. The van der Waals surface area contributed by atoms with Gasteiger partial charge in [0.15, 0.2) is 0 Å². The van der Waals surface area contributed by atoms with Crippen molar-refractivity contribution in [3.8, 4) is 0 Å². The van der Waals surface area contributed by atoms with Gasteiger partial charge < -0.3 is 16.2 Å². The molecule has 1 aromatic rings. The predicted octanol–water partition coefficient (Wildman–Crippen LogP) is 2.01. The SMILES string of the molecule is Nc1ccc(NC2CCN3CCCCC23)cc1C(=O)O. The number of hydrogen-bond donors (Lipinski definition) is 3. The molecule has 2 unspecified atom stereocenters. The molecule has 2 aliphatic rings. The molecule has 1 aromatic carbocycles. The van der Waals surface area contributed by atoms with Crippen LogP contribution in [-0.2, 0) is 0 Å². The van der Waals surface area contributed by atoms with Crippen LogP contribution in [0.4, 0.5) is 11.4 Å². The first-order valence-corrected chi connectivity index (χ1v) is 7.28. The maximum Gasteiger partial charge on any atom is 0.337 e. The molecule has 5 heteroatoms. The zero-order chi connectivity index (χ0) is 14.1. The Balaban J connectivity index is 1.74. The summed E-state index contributed by atoms with van der Waals surface area (Å²) in [5.74, 6) is -0.975. The lowest BCUT2D eigenvalue weighted by Gasteiger charge is -2.33. The summed E-state index contributed by atoms with van der Waals surface area (Å²) in [5, 5.41) is 12.6. The van der Waals surface area contributed by atoms with E-state index in [2.05, 4.69) is 10.2 Å². The molecule has 2 aliphatic heterocycles. The van der Waals surface area contributed by atoms with E-state index in [1.54, 1.807) is 12.1 Å². The molecule has 3 rings (SSSR count). The van der Waals surface area contributed by atoms with Crippen molar-refractivity contribution < 1.29 is 9.90 Å². The molecule has 4 N–H and O–H groups in total. The van der Waals surface area contributed by atoms with Gasteiger partial charge in [0, 0.05) is 30.0 Å². The van der Waals surface area contributed by atoms with Gasteiger partial charge in [-0.2, -0.15) is 0 Å². The maximum atomic E-state index is 11.1. The van der Waals surface area contributed by atoms with Crippen LogP contribution in [0.3, 0.4) is 0 Å². The molecule has 2 fully saturated rings. The average molecular weight is 275 g/mol. The summed E-state index contributed by atoms with van der Waals surface area (Å²) < 4.78 is 0. The summed E-state index contributed by atoms with van der Waals surface area (Å²) in [6, 6.07) is 6.19. The largest absolute Gasteiger partial charge is 0.478 e. The fourth-order valence-corrected chi connectivity index (χ4v) is 3.46. The number of carbonyl (C=O) groups is 1. The van der Waals surface area contributed by atoms with E-state index in [0.717, 1.165) is 18.7 Å². The van der Waals surface area contributed by atoms with E-state index in [-0.39, 0.29) is 5.56 Å². The highest BCUT2D eigenvalue weighted by Crippen LogP contribution is 2.30. The standard InChI is InChI=1S/C15H21N3O2/c16-12-5-4-10(9-11(12)15(19)20)17-13-6-8-18-7-2-1-3-14(13)18/h4-5,9,13-14,17H,1-3,6-8,16H2,(H,19,20). The van der Waals surface area contributed by atoms with Crippen molar-refractivity contribution in [1.82, 2.24) is 4.90 Å². The number of nitrogens with zero attached hydrogens (tertiary/aromatic N) is 1. The van der Waals surface area contributed by atoms with E-state index in [4.69, 9.17) is 10.8 Å². The van der Waals surface area contributed by atoms with Crippen molar-refractivity contribution in [1.29, 1.82) is 0 Å². The lowest BCUT2D eigenvalue weighted by Crippen LogP contribution is -2.41. The summed E-state index contributed by atoms with van der Waals surface area (Å²) in [6.07, 6.45) is 4.95. The molecule has 108 valence electrons. The van der Waals surface area contributed by atoms with E-state index >= 15 is 0 Å². The van der Waals surface area contributed by atoms with Crippen LogP contribution in [0.2, 0.25) is 0 Å². The van der Waals surface area contributed by atoms with E-state index in [9.17, 15) is 4.79 Å². The third-order valence-corrected chi connectivity index (χ3v) is 4.49. The second-order valence-electron chi connectivity index (χ2n) is 5.75.